The maximum Gasteiger partial charge on any atom is 0.292 e. The molecule has 0 spiro atoms. The molecule has 7 nitrogen and oxygen atoms in total. The number of ether oxygens (including phenoxy) is 1. The van der Waals surface area contributed by atoms with E-state index in [-0.39, 0.29) is 17.0 Å². The molecule has 0 aliphatic heterocycles. The molecule has 4 rings (SSSR count). The summed E-state index contributed by atoms with van der Waals surface area (Å²) in [5, 5.41) is 7.35. The van der Waals surface area contributed by atoms with Crippen molar-refractivity contribution in [1.29, 1.82) is 0 Å². The molecule has 2 heterocycles. The molecule has 0 fully saturated rings. The van der Waals surface area contributed by atoms with E-state index in [4.69, 9.17) is 9.15 Å². The van der Waals surface area contributed by atoms with Crippen molar-refractivity contribution in [2.24, 2.45) is 0 Å². The van der Waals surface area contributed by atoms with Crippen molar-refractivity contribution in [2.45, 2.75) is 20.8 Å². The molecule has 0 radical (unpaired) electrons. The number of carbonyl (C=O) groups excluding carboxylic acids is 1. The van der Waals surface area contributed by atoms with E-state index >= 15 is 0 Å². The highest BCUT2D eigenvalue weighted by Gasteiger charge is 2.22. The second-order valence-electron chi connectivity index (χ2n) is 7.48. The number of nitrogens with one attached hydrogen (secondary N) is 1. The van der Waals surface area contributed by atoms with E-state index in [1.807, 2.05) is 32.0 Å². The van der Waals surface area contributed by atoms with Gasteiger partial charge in [-0.1, -0.05) is 18.2 Å². The molecule has 2 aromatic heterocycles. The Morgan fingerprint density at radius 1 is 1.03 bits per heavy atom. The van der Waals surface area contributed by atoms with Crippen LogP contribution in [0.4, 0.5) is 5.82 Å². The van der Waals surface area contributed by atoms with Crippen molar-refractivity contribution in [1.82, 2.24) is 9.78 Å². The van der Waals surface area contributed by atoms with Gasteiger partial charge < -0.3 is 14.5 Å². The Morgan fingerprint density at radius 3 is 2.53 bits per heavy atom. The molecule has 0 saturated carbocycles. The van der Waals surface area contributed by atoms with Crippen molar-refractivity contribution in [2.75, 3.05) is 12.4 Å². The Bertz CT molecular complexity index is 1350. The molecule has 7 heteroatoms. The van der Waals surface area contributed by atoms with Crippen LogP contribution < -0.4 is 15.5 Å². The van der Waals surface area contributed by atoms with Gasteiger partial charge in [-0.05, 0) is 73.9 Å². The number of amides is 1. The van der Waals surface area contributed by atoms with Gasteiger partial charge in [0.15, 0.2) is 5.76 Å². The van der Waals surface area contributed by atoms with Crippen molar-refractivity contribution in [3.05, 3.63) is 93.7 Å². The fourth-order valence-corrected chi connectivity index (χ4v) is 3.42. The molecule has 0 aliphatic rings. The molecule has 0 aliphatic carbocycles. The molecule has 32 heavy (non-hydrogen) atoms. The van der Waals surface area contributed by atoms with Gasteiger partial charge in [-0.2, -0.15) is 5.10 Å². The lowest BCUT2D eigenvalue weighted by atomic mass is 10.0. The summed E-state index contributed by atoms with van der Waals surface area (Å²) in [7, 11) is 1.56. The van der Waals surface area contributed by atoms with Gasteiger partial charge in [0.1, 0.15) is 17.3 Å². The number of rotatable bonds is 5. The van der Waals surface area contributed by atoms with Crippen LogP contribution in [-0.4, -0.2) is 22.8 Å². The summed E-state index contributed by atoms with van der Waals surface area (Å²) in [6.45, 7) is 5.67. The first-order valence-electron chi connectivity index (χ1n) is 10.1. The molecule has 0 atom stereocenters. The third kappa shape index (κ3) is 3.92. The summed E-state index contributed by atoms with van der Waals surface area (Å²) in [6, 6.07) is 16.2. The number of anilines is 1. The highest BCUT2D eigenvalue weighted by molar-refractivity contribution is 6.04. The van der Waals surface area contributed by atoms with E-state index in [2.05, 4.69) is 10.4 Å². The minimum Gasteiger partial charge on any atom is -0.497 e. The maximum absolute atomic E-state index is 13.3. The van der Waals surface area contributed by atoms with Crippen LogP contribution >= 0.6 is 0 Å². The van der Waals surface area contributed by atoms with Crippen molar-refractivity contribution >= 4 is 11.7 Å². The van der Waals surface area contributed by atoms with Crippen molar-refractivity contribution in [3.63, 3.8) is 0 Å². The maximum atomic E-state index is 13.3. The third-order valence-corrected chi connectivity index (χ3v) is 5.32. The fourth-order valence-electron chi connectivity index (χ4n) is 3.42. The van der Waals surface area contributed by atoms with E-state index < -0.39 is 5.91 Å². The fraction of sp³-hybridized carbons (Fsp3) is 0.160. The van der Waals surface area contributed by atoms with Crippen LogP contribution in [0.5, 0.6) is 5.75 Å². The van der Waals surface area contributed by atoms with E-state index in [1.165, 1.54) is 6.26 Å². The Hall–Kier alpha value is -4.13. The minimum absolute atomic E-state index is 0.126. The molecule has 1 N–H and O–H groups in total. The SMILES string of the molecule is COc1cccc(-c2c(NC(=O)c3ccco3)n(-c3ccc(C)c(C)c3)nc(C)c2=O)c1. The van der Waals surface area contributed by atoms with Crippen LogP contribution in [0.15, 0.2) is 70.1 Å². The van der Waals surface area contributed by atoms with E-state index in [0.717, 1.165) is 16.8 Å². The van der Waals surface area contributed by atoms with Crippen LogP contribution in [0.1, 0.15) is 27.4 Å². The number of hydrogen-bond acceptors (Lipinski definition) is 5. The van der Waals surface area contributed by atoms with E-state index in [9.17, 15) is 9.59 Å². The summed E-state index contributed by atoms with van der Waals surface area (Å²) < 4.78 is 12.2. The lowest BCUT2D eigenvalue weighted by Gasteiger charge is -2.19. The van der Waals surface area contributed by atoms with E-state index in [0.29, 0.717) is 22.6 Å². The number of carbonyl (C=O) groups is 1. The Morgan fingerprint density at radius 2 is 1.84 bits per heavy atom. The number of furan rings is 1. The minimum atomic E-state index is -0.484. The second-order valence-corrected chi connectivity index (χ2v) is 7.48. The molecular weight excluding hydrogens is 406 g/mol. The summed E-state index contributed by atoms with van der Waals surface area (Å²) in [6.07, 6.45) is 1.42. The van der Waals surface area contributed by atoms with Gasteiger partial charge >= 0.3 is 0 Å². The average molecular weight is 429 g/mol. The van der Waals surface area contributed by atoms with Crippen molar-refractivity contribution in [3.8, 4) is 22.6 Å². The summed E-state index contributed by atoms with van der Waals surface area (Å²) in [4.78, 5) is 26.2. The topological polar surface area (TPSA) is 86.4 Å². The van der Waals surface area contributed by atoms with Gasteiger partial charge in [-0.15, -0.1) is 0 Å². The number of aromatic nitrogens is 2. The Labute approximate surface area is 185 Å². The summed E-state index contributed by atoms with van der Waals surface area (Å²) in [5.74, 6) is 0.485. The predicted octanol–water partition coefficient (Wildman–Crippen LogP) is 4.68. The zero-order valence-corrected chi connectivity index (χ0v) is 18.3. The molecule has 0 unspecified atom stereocenters. The first-order valence-corrected chi connectivity index (χ1v) is 10.1. The number of hydrogen-bond donors (Lipinski definition) is 1. The van der Waals surface area contributed by atoms with Gasteiger partial charge in [0.2, 0.25) is 5.43 Å². The molecule has 1 amide bonds. The molecule has 162 valence electrons. The molecule has 0 bridgehead atoms. The molecule has 2 aromatic carbocycles. The first-order chi connectivity index (χ1) is 15.4. The number of nitrogens with zero attached hydrogens (tertiary/aromatic N) is 2. The molecule has 0 saturated heterocycles. The number of benzene rings is 2. The first kappa shape index (κ1) is 21.1. The highest BCUT2D eigenvalue weighted by Crippen LogP contribution is 2.30. The quantitative estimate of drug-likeness (QED) is 0.498. The van der Waals surface area contributed by atoms with Crippen LogP contribution in [-0.2, 0) is 0 Å². The summed E-state index contributed by atoms with van der Waals surface area (Å²) in [5.41, 5.74) is 3.84. The van der Waals surface area contributed by atoms with Gasteiger partial charge in [0, 0.05) is 0 Å². The number of methoxy groups -OCH3 is 1. The zero-order chi connectivity index (χ0) is 22.8. The average Bonchev–Trinajstić information content (AvgIpc) is 3.33. The van der Waals surface area contributed by atoms with Gasteiger partial charge in [-0.3, -0.25) is 9.59 Å². The van der Waals surface area contributed by atoms with Crippen LogP contribution in [0.2, 0.25) is 0 Å². The lowest BCUT2D eigenvalue weighted by molar-refractivity contribution is 0.0996. The lowest BCUT2D eigenvalue weighted by Crippen LogP contribution is -2.24. The Balaban J connectivity index is 2.00. The molecule has 4 aromatic rings. The third-order valence-electron chi connectivity index (χ3n) is 5.32. The van der Waals surface area contributed by atoms with Gasteiger partial charge in [0.05, 0.1) is 24.6 Å². The standard InChI is InChI=1S/C25H23N3O4/c1-15-10-11-19(13-16(15)2)28-24(26-25(30)21-9-6-12-32-21)22(23(29)17(3)27-28)18-7-5-8-20(14-18)31-4/h5-14H,1-4H3,(H,26,30). The highest BCUT2D eigenvalue weighted by atomic mass is 16.5. The smallest absolute Gasteiger partial charge is 0.292 e. The van der Waals surface area contributed by atoms with Crippen molar-refractivity contribution < 1.29 is 13.9 Å². The predicted molar refractivity (Wildman–Crippen MR) is 123 cm³/mol. The largest absolute Gasteiger partial charge is 0.497 e. The summed E-state index contributed by atoms with van der Waals surface area (Å²) >= 11 is 0. The zero-order valence-electron chi connectivity index (χ0n) is 18.3. The van der Waals surface area contributed by atoms with E-state index in [1.54, 1.807) is 55.1 Å². The van der Waals surface area contributed by atoms with Gasteiger partial charge in [-0.25, -0.2) is 4.68 Å². The van der Waals surface area contributed by atoms with Crippen LogP contribution in [0.3, 0.4) is 0 Å². The Kier molecular flexibility index (Phi) is 5.64. The molecular formula is C25H23N3O4. The second kappa shape index (κ2) is 8.55. The van der Waals surface area contributed by atoms with Crippen LogP contribution in [0, 0.1) is 20.8 Å². The normalized spacial score (nSPS) is 10.8. The number of aryl methyl sites for hydroxylation is 3. The van der Waals surface area contributed by atoms with Crippen LogP contribution in [0.25, 0.3) is 16.8 Å². The monoisotopic (exact) mass is 429 g/mol. The van der Waals surface area contributed by atoms with Gasteiger partial charge in [0.25, 0.3) is 5.91 Å².